The summed E-state index contributed by atoms with van der Waals surface area (Å²) in [6, 6.07) is 12.6. The first kappa shape index (κ1) is 15.2. The molecule has 0 amide bonds. The smallest absolute Gasteiger partial charge is 0.335 e. The molecule has 1 aromatic heterocycles. The van der Waals surface area contributed by atoms with E-state index in [4.69, 9.17) is 16.2 Å². The fourth-order valence-corrected chi connectivity index (χ4v) is 3.26. The quantitative estimate of drug-likeness (QED) is 0.496. The van der Waals surface area contributed by atoms with Crippen LogP contribution in [0.1, 0.15) is 26.5 Å². The summed E-state index contributed by atoms with van der Waals surface area (Å²) in [4.78, 5) is 15.5. The topological polar surface area (TPSA) is 100 Å². The van der Waals surface area contributed by atoms with Crippen LogP contribution in [0.15, 0.2) is 42.5 Å². The van der Waals surface area contributed by atoms with E-state index in [0.29, 0.717) is 0 Å². The number of aromatic carboxylic acids is 1. The summed E-state index contributed by atoms with van der Waals surface area (Å²) in [5.41, 5.74) is 8.30. The van der Waals surface area contributed by atoms with Crippen molar-refractivity contribution >= 4 is 33.4 Å². The molecule has 0 bridgehead atoms. The average molecular weight is 325 g/mol. The number of carboxylic acid groups (broad SMARTS) is 1. The molecule has 4 N–H and O–H groups in total. The molecule has 0 saturated heterocycles. The highest BCUT2D eigenvalue weighted by Gasteiger charge is 2.08. The Morgan fingerprint density at radius 2 is 1.83 bits per heavy atom. The molecule has 0 radical (unpaired) electrons. The van der Waals surface area contributed by atoms with Crippen LogP contribution in [0.2, 0.25) is 0 Å². The molecule has 5 nitrogen and oxygen atoms in total. The van der Waals surface area contributed by atoms with Crippen molar-refractivity contribution in [1.29, 1.82) is 5.41 Å². The molecule has 3 aromatic rings. The Morgan fingerprint density at radius 1 is 1.13 bits per heavy atom. The number of aromatic nitrogens is 1. The molecule has 0 atom stereocenters. The van der Waals surface area contributed by atoms with Crippen molar-refractivity contribution in [2.24, 2.45) is 5.73 Å². The van der Waals surface area contributed by atoms with E-state index in [1.807, 2.05) is 30.3 Å². The van der Waals surface area contributed by atoms with E-state index in [1.165, 1.54) is 0 Å². The highest BCUT2D eigenvalue weighted by Crippen LogP contribution is 2.24. The van der Waals surface area contributed by atoms with Gasteiger partial charge in [0.1, 0.15) is 5.84 Å². The Balaban J connectivity index is 1.74. The molecule has 0 spiro atoms. The Labute approximate surface area is 136 Å². The number of amidine groups is 1. The molecule has 23 heavy (non-hydrogen) atoms. The number of benzene rings is 2. The maximum absolute atomic E-state index is 11.0. The van der Waals surface area contributed by atoms with Crippen molar-refractivity contribution in [3.63, 3.8) is 0 Å². The molecule has 116 valence electrons. The second-order valence-corrected chi connectivity index (χ2v) is 6.32. The van der Waals surface area contributed by atoms with Crippen LogP contribution in [0.25, 0.3) is 10.2 Å². The molecule has 0 aliphatic carbocycles. The summed E-state index contributed by atoms with van der Waals surface area (Å²) in [6.07, 6.45) is 1.63. The van der Waals surface area contributed by atoms with Gasteiger partial charge in [0.15, 0.2) is 0 Å². The zero-order valence-corrected chi connectivity index (χ0v) is 13.1. The zero-order valence-electron chi connectivity index (χ0n) is 12.2. The van der Waals surface area contributed by atoms with E-state index in [9.17, 15) is 4.79 Å². The summed E-state index contributed by atoms with van der Waals surface area (Å²) in [7, 11) is 0. The Hall–Kier alpha value is -2.73. The lowest BCUT2D eigenvalue weighted by Crippen LogP contribution is -2.10. The Morgan fingerprint density at radius 3 is 2.48 bits per heavy atom. The van der Waals surface area contributed by atoms with Crippen LogP contribution in [-0.4, -0.2) is 21.9 Å². The van der Waals surface area contributed by atoms with Crippen LogP contribution < -0.4 is 5.73 Å². The Bertz CT molecular complexity index is 884. The SMILES string of the molecule is N=C(N)c1ccc(CCc2nc3cc(C(=O)O)ccc3s2)cc1. The standard InChI is InChI=1S/C17H15N3O2S/c18-16(19)11-4-1-10(2-5-11)3-8-15-20-13-9-12(17(21)22)6-7-14(13)23-15/h1-2,4-7,9H,3,8H2,(H3,18,19)(H,21,22). The maximum Gasteiger partial charge on any atom is 0.335 e. The third-order valence-electron chi connectivity index (χ3n) is 3.57. The molecule has 2 aromatic carbocycles. The number of thiazole rings is 1. The van der Waals surface area contributed by atoms with Crippen molar-refractivity contribution in [2.75, 3.05) is 0 Å². The van der Waals surface area contributed by atoms with E-state index in [-0.39, 0.29) is 11.4 Å². The van der Waals surface area contributed by atoms with E-state index < -0.39 is 5.97 Å². The molecule has 6 heteroatoms. The number of aryl methyl sites for hydroxylation is 2. The summed E-state index contributed by atoms with van der Waals surface area (Å²) < 4.78 is 0.997. The largest absolute Gasteiger partial charge is 0.478 e. The number of carboxylic acids is 1. The minimum Gasteiger partial charge on any atom is -0.478 e. The minimum absolute atomic E-state index is 0.0666. The van der Waals surface area contributed by atoms with Crippen molar-refractivity contribution in [1.82, 2.24) is 4.98 Å². The van der Waals surface area contributed by atoms with Crippen LogP contribution >= 0.6 is 11.3 Å². The molecule has 1 heterocycles. The van der Waals surface area contributed by atoms with Crippen LogP contribution in [0.3, 0.4) is 0 Å². The van der Waals surface area contributed by atoms with Gasteiger partial charge in [-0.3, -0.25) is 5.41 Å². The highest BCUT2D eigenvalue weighted by molar-refractivity contribution is 7.18. The normalized spacial score (nSPS) is 10.8. The summed E-state index contributed by atoms with van der Waals surface area (Å²) in [6.45, 7) is 0. The van der Waals surface area contributed by atoms with Gasteiger partial charge in [0.05, 0.1) is 20.8 Å². The maximum atomic E-state index is 11.0. The number of hydrogen-bond donors (Lipinski definition) is 3. The van der Waals surface area contributed by atoms with Gasteiger partial charge in [-0.15, -0.1) is 11.3 Å². The van der Waals surface area contributed by atoms with Gasteiger partial charge in [-0.25, -0.2) is 9.78 Å². The van der Waals surface area contributed by atoms with E-state index >= 15 is 0 Å². The van der Waals surface area contributed by atoms with Gasteiger partial charge in [-0.2, -0.15) is 0 Å². The lowest BCUT2D eigenvalue weighted by atomic mass is 10.1. The molecule has 0 aliphatic rings. The predicted octanol–water partition coefficient (Wildman–Crippen LogP) is 3.06. The molecule has 0 saturated carbocycles. The lowest BCUT2D eigenvalue weighted by molar-refractivity contribution is 0.0697. The summed E-state index contributed by atoms with van der Waals surface area (Å²) in [5, 5.41) is 17.4. The lowest BCUT2D eigenvalue weighted by Gasteiger charge is -2.01. The van der Waals surface area contributed by atoms with Crippen molar-refractivity contribution < 1.29 is 9.90 Å². The molecule has 0 unspecified atom stereocenters. The first-order valence-corrected chi connectivity index (χ1v) is 7.90. The van der Waals surface area contributed by atoms with Gasteiger partial charge < -0.3 is 10.8 Å². The number of rotatable bonds is 5. The average Bonchev–Trinajstić information content (AvgIpc) is 2.95. The number of fused-ring (bicyclic) bond motifs is 1. The Kier molecular flexibility index (Phi) is 4.08. The van der Waals surface area contributed by atoms with E-state index in [0.717, 1.165) is 39.2 Å². The predicted molar refractivity (Wildman–Crippen MR) is 91.4 cm³/mol. The van der Waals surface area contributed by atoms with Gasteiger partial charge in [0, 0.05) is 12.0 Å². The van der Waals surface area contributed by atoms with Gasteiger partial charge in [-0.1, -0.05) is 24.3 Å². The minimum atomic E-state index is -0.938. The number of carbonyl (C=O) groups is 1. The third kappa shape index (κ3) is 3.37. The fraction of sp³-hybridized carbons (Fsp3) is 0.118. The van der Waals surface area contributed by atoms with Crippen LogP contribution in [-0.2, 0) is 12.8 Å². The van der Waals surface area contributed by atoms with Crippen molar-refractivity contribution in [2.45, 2.75) is 12.8 Å². The molecule has 3 rings (SSSR count). The van der Waals surface area contributed by atoms with Crippen molar-refractivity contribution in [3.8, 4) is 0 Å². The number of hydrogen-bond acceptors (Lipinski definition) is 4. The van der Waals surface area contributed by atoms with E-state index in [2.05, 4.69) is 4.98 Å². The second kappa shape index (κ2) is 6.18. The van der Waals surface area contributed by atoms with Gasteiger partial charge >= 0.3 is 5.97 Å². The third-order valence-corrected chi connectivity index (χ3v) is 4.67. The summed E-state index contributed by atoms with van der Waals surface area (Å²) in [5.74, 6) is -0.871. The number of nitrogens with two attached hydrogens (primary N) is 1. The molecule has 0 fully saturated rings. The van der Waals surface area contributed by atoms with Gasteiger partial charge in [0.2, 0.25) is 0 Å². The van der Waals surface area contributed by atoms with Gasteiger partial charge in [0.25, 0.3) is 0 Å². The summed E-state index contributed by atoms with van der Waals surface area (Å²) >= 11 is 1.59. The zero-order chi connectivity index (χ0) is 16.4. The van der Waals surface area contributed by atoms with Crippen LogP contribution in [0, 0.1) is 5.41 Å². The van der Waals surface area contributed by atoms with Crippen molar-refractivity contribution in [3.05, 3.63) is 64.2 Å². The molecular weight excluding hydrogens is 310 g/mol. The number of nitrogens with zero attached hydrogens (tertiary/aromatic N) is 1. The van der Waals surface area contributed by atoms with E-state index in [1.54, 1.807) is 23.5 Å². The first-order valence-electron chi connectivity index (χ1n) is 7.09. The monoisotopic (exact) mass is 325 g/mol. The van der Waals surface area contributed by atoms with Crippen LogP contribution in [0.4, 0.5) is 0 Å². The van der Waals surface area contributed by atoms with Gasteiger partial charge in [-0.05, 0) is 30.2 Å². The number of nitrogens with one attached hydrogen (secondary N) is 1. The van der Waals surface area contributed by atoms with Crippen LogP contribution in [0.5, 0.6) is 0 Å². The molecule has 0 aliphatic heterocycles. The first-order chi connectivity index (χ1) is 11.0. The number of nitrogen functional groups attached to an aromatic ring is 1. The fourth-order valence-electron chi connectivity index (χ4n) is 2.32. The molecular formula is C17H15N3O2S. The highest BCUT2D eigenvalue weighted by atomic mass is 32.1. The second-order valence-electron chi connectivity index (χ2n) is 5.21.